The molecule has 0 aromatic heterocycles. The van der Waals surface area contributed by atoms with Crippen LogP contribution in [0.15, 0.2) is 4.99 Å². The van der Waals surface area contributed by atoms with E-state index in [0.29, 0.717) is 0 Å². The van der Waals surface area contributed by atoms with E-state index in [9.17, 15) is 8.42 Å². The smallest absolute Gasteiger partial charge is 0.189 e. The van der Waals surface area contributed by atoms with Crippen molar-refractivity contribution in [2.75, 3.05) is 18.1 Å². The first kappa shape index (κ1) is 18.3. The van der Waals surface area contributed by atoms with Crippen molar-refractivity contribution < 1.29 is 8.42 Å². The van der Waals surface area contributed by atoms with E-state index in [0.717, 1.165) is 0 Å². The molecule has 0 spiro atoms. The Hall–Kier alpha value is -0.0500. The number of aliphatic imine (C=N–C) groups is 1. The van der Waals surface area contributed by atoms with Crippen molar-refractivity contribution in [1.82, 2.24) is 5.32 Å². The van der Waals surface area contributed by atoms with E-state index in [4.69, 9.17) is 5.73 Å². The predicted octanol–water partition coefficient (Wildman–Crippen LogP) is 0.742. The molecule has 0 amide bonds. The standard InChI is InChI=1S/C9H21N3O2S.HI/c1-5-15(13,14)7-6-11-8(10)12-9(2,3)4;/h5-7H2,1-4H3,(H3,10,11,12);1H. The molecule has 0 heterocycles. The van der Waals surface area contributed by atoms with Crippen molar-refractivity contribution in [3.63, 3.8) is 0 Å². The van der Waals surface area contributed by atoms with Crippen LogP contribution in [0, 0.1) is 0 Å². The Morgan fingerprint density at radius 2 is 1.88 bits per heavy atom. The lowest BCUT2D eigenvalue weighted by Crippen LogP contribution is -2.45. The van der Waals surface area contributed by atoms with Crippen LogP contribution in [0.4, 0.5) is 0 Å². The van der Waals surface area contributed by atoms with Crippen LogP contribution in [-0.4, -0.2) is 38.0 Å². The first-order valence-corrected chi connectivity index (χ1v) is 6.77. The summed E-state index contributed by atoms with van der Waals surface area (Å²) in [4.78, 5) is 3.95. The molecule has 16 heavy (non-hydrogen) atoms. The molecule has 98 valence electrons. The van der Waals surface area contributed by atoms with E-state index in [2.05, 4.69) is 10.3 Å². The molecule has 0 aliphatic carbocycles. The summed E-state index contributed by atoms with van der Waals surface area (Å²) < 4.78 is 22.3. The van der Waals surface area contributed by atoms with E-state index < -0.39 is 9.84 Å². The van der Waals surface area contributed by atoms with E-state index in [1.54, 1.807) is 6.92 Å². The first-order chi connectivity index (χ1) is 6.66. The monoisotopic (exact) mass is 363 g/mol. The second-order valence-corrected chi connectivity index (χ2v) is 6.85. The van der Waals surface area contributed by atoms with E-state index in [1.807, 2.05) is 20.8 Å². The zero-order chi connectivity index (χ0) is 12.1. The van der Waals surface area contributed by atoms with Gasteiger partial charge in [-0.15, -0.1) is 24.0 Å². The molecule has 0 aromatic carbocycles. The molecule has 3 N–H and O–H groups in total. The van der Waals surface area contributed by atoms with E-state index >= 15 is 0 Å². The summed E-state index contributed by atoms with van der Waals surface area (Å²) in [6.45, 7) is 7.70. The lowest BCUT2D eigenvalue weighted by molar-refractivity contribution is 0.508. The molecule has 0 unspecified atom stereocenters. The quantitative estimate of drug-likeness (QED) is 0.438. The van der Waals surface area contributed by atoms with Crippen molar-refractivity contribution >= 4 is 39.8 Å². The zero-order valence-corrected chi connectivity index (χ0v) is 13.4. The average Bonchev–Trinajstić information content (AvgIpc) is 2.00. The molecular formula is C9H22IN3O2S. The molecule has 0 radical (unpaired) electrons. The molecule has 0 rings (SSSR count). The third-order valence-electron chi connectivity index (χ3n) is 1.63. The zero-order valence-electron chi connectivity index (χ0n) is 10.3. The summed E-state index contributed by atoms with van der Waals surface area (Å²) in [6, 6.07) is 0. The maximum Gasteiger partial charge on any atom is 0.189 e. The van der Waals surface area contributed by atoms with Gasteiger partial charge in [-0.1, -0.05) is 6.92 Å². The van der Waals surface area contributed by atoms with Crippen LogP contribution in [0.1, 0.15) is 27.7 Å². The second-order valence-electron chi connectivity index (χ2n) is 4.38. The summed E-state index contributed by atoms with van der Waals surface area (Å²) >= 11 is 0. The molecule has 0 atom stereocenters. The summed E-state index contributed by atoms with van der Waals surface area (Å²) in [7, 11) is -2.95. The normalized spacial score (nSPS) is 13.1. The maximum absolute atomic E-state index is 11.1. The average molecular weight is 363 g/mol. The summed E-state index contributed by atoms with van der Waals surface area (Å²) in [5.74, 6) is 0.485. The van der Waals surface area contributed by atoms with Crippen LogP contribution in [0.5, 0.6) is 0 Å². The van der Waals surface area contributed by atoms with Crippen LogP contribution in [-0.2, 0) is 9.84 Å². The number of halogens is 1. The van der Waals surface area contributed by atoms with Gasteiger partial charge in [0.25, 0.3) is 0 Å². The minimum Gasteiger partial charge on any atom is -0.370 e. The molecule has 0 aliphatic rings. The molecule has 7 heteroatoms. The highest BCUT2D eigenvalue weighted by molar-refractivity contribution is 14.0. The Bertz CT molecular complexity index is 320. The van der Waals surface area contributed by atoms with Gasteiger partial charge in [0.2, 0.25) is 0 Å². The van der Waals surface area contributed by atoms with Crippen molar-refractivity contribution in [3.05, 3.63) is 0 Å². The lowest BCUT2D eigenvalue weighted by Gasteiger charge is -2.20. The fourth-order valence-corrected chi connectivity index (χ4v) is 1.53. The van der Waals surface area contributed by atoms with Gasteiger partial charge in [-0.25, -0.2) is 8.42 Å². The van der Waals surface area contributed by atoms with Crippen LogP contribution < -0.4 is 11.1 Å². The topological polar surface area (TPSA) is 84.5 Å². The number of rotatable bonds is 4. The number of nitrogens with one attached hydrogen (secondary N) is 1. The van der Waals surface area contributed by atoms with E-state index in [1.165, 1.54) is 0 Å². The van der Waals surface area contributed by atoms with Gasteiger partial charge in [-0.2, -0.15) is 0 Å². The van der Waals surface area contributed by atoms with Gasteiger partial charge in [0.15, 0.2) is 15.8 Å². The number of hydrogen-bond acceptors (Lipinski definition) is 3. The third-order valence-corrected chi connectivity index (χ3v) is 3.31. The summed E-state index contributed by atoms with van der Waals surface area (Å²) in [5, 5.41) is 2.96. The van der Waals surface area contributed by atoms with Gasteiger partial charge in [0.05, 0.1) is 12.3 Å². The number of nitrogens with two attached hydrogens (primary N) is 1. The molecule has 5 nitrogen and oxygen atoms in total. The van der Waals surface area contributed by atoms with Crippen molar-refractivity contribution in [2.24, 2.45) is 10.7 Å². The highest BCUT2D eigenvalue weighted by Gasteiger charge is 2.10. The van der Waals surface area contributed by atoms with Crippen molar-refractivity contribution in [2.45, 2.75) is 33.2 Å². The first-order valence-electron chi connectivity index (χ1n) is 4.95. The van der Waals surface area contributed by atoms with Crippen molar-refractivity contribution in [3.8, 4) is 0 Å². The van der Waals surface area contributed by atoms with Crippen LogP contribution in [0.2, 0.25) is 0 Å². The highest BCUT2D eigenvalue weighted by atomic mass is 127. The summed E-state index contributed by atoms with van der Waals surface area (Å²) in [6.07, 6.45) is 0. The predicted molar refractivity (Wildman–Crippen MR) is 79.1 cm³/mol. The Morgan fingerprint density at radius 3 is 2.25 bits per heavy atom. The van der Waals surface area contributed by atoms with Gasteiger partial charge < -0.3 is 11.1 Å². The molecule has 0 saturated carbocycles. The number of hydrogen-bond donors (Lipinski definition) is 2. The maximum atomic E-state index is 11.1. The van der Waals surface area contributed by atoms with E-state index in [-0.39, 0.29) is 53.5 Å². The Labute approximate surface area is 115 Å². The minimum absolute atomic E-state index is 0. The molecule has 0 saturated heterocycles. The van der Waals surface area contributed by atoms with Crippen molar-refractivity contribution in [1.29, 1.82) is 0 Å². The molecule has 0 aromatic rings. The summed E-state index contributed by atoms with van der Waals surface area (Å²) in [5.41, 5.74) is 5.42. The Kier molecular flexibility index (Phi) is 8.37. The van der Waals surface area contributed by atoms with Gasteiger partial charge in [0, 0.05) is 11.3 Å². The molecule has 0 fully saturated rings. The number of guanidine groups is 1. The molecular weight excluding hydrogens is 341 g/mol. The van der Waals surface area contributed by atoms with Gasteiger partial charge in [-0.3, -0.25) is 4.99 Å². The lowest BCUT2D eigenvalue weighted by atomic mass is 10.1. The Balaban J connectivity index is 0. The third kappa shape index (κ3) is 10.5. The molecule has 0 bridgehead atoms. The van der Waals surface area contributed by atoms with Gasteiger partial charge >= 0.3 is 0 Å². The van der Waals surface area contributed by atoms with Gasteiger partial charge in [-0.05, 0) is 20.8 Å². The Morgan fingerprint density at radius 1 is 1.38 bits per heavy atom. The minimum atomic E-state index is -2.95. The number of nitrogens with zero attached hydrogens (tertiary/aromatic N) is 1. The highest BCUT2D eigenvalue weighted by Crippen LogP contribution is 1.97. The fraction of sp³-hybridized carbons (Fsp3) is 0.889. The number of sulfone groups is 1. The van der Waals surface area contributed by atoms with Gasteiger partial charge in [0.1, 0.15) is 0 Å². The van der Waals surface area contributed by atoms with Crippen LogP contribution in [0.3, 0.4) is 0 Å². The largest absolute Gasteiger partial charge is 0.370 e. The fourth-order valence-electron chi connectivity index (χ4n) is 0.873. The molecule has 0 aliphatic heterocycles. The van der Waals surface area contributed by atoms with Crippen LogP contribution in [0.25, 0.3) is 0 Å². The van der Waals surface area contributed by atoms with Crippen LogP contribution >= 0.6 is 24.0 Å². The SMILES string of the molecule is CCS(=O)(=O)CCN=C(N)NC(C)(C)C.I. The second kappa shape index (κ2) is 7.31.